The molecule has 4 rings (SSSR count). The Morgan fingerprint density at radius 2 is 1.65 bits per heavy atom. The lowest BCUT2D eigenvalue weighted by atomic mass is 10.00. The SMILES string of the molecule is CCOc1ccc(/C=[N+]2\NC(=O)[C@H](NC(=O)c3ccccc3)[C@@H]2c2ccccc2)cc1. The van der Waals surface area contributed by atoms with E-state index in [1.807, 2.05) is 73.8 Å². The van der Waals surface area contributed by atoms with Gasteiger partial charge in [0.15, 0.2) is 6.04 Å². The van der Waals surface area contributed by atoms with Gasteiger partial charge >= 0.3 is 5.91 Å². The Morgan fingerprint density at radius 3 is 2.29 bits per heavy atom. The summed E-state index contributed by atoms with van der Waals surface area (Å²) in [6.07, 6.45) is 1.86. The number of ether oxygens (including phenoxy) is 1. The molecule has 2 amide bonds. The zero-order valence-corrected chi connectivity index (χ0v) is 17.2. The number of carbonyl (C=O) groups is 2. The molecule has 2 N–H and O–H groups in total. The number of hydrogen-bond acceptors (Lipinski definition) is 3. The molecule has 1 aliphatic heterocycles. The third-order valence-electron chi connectivity index (χ3n) is 5.08. The van der Waals surface area contributed by atoms with Crippen LogP contribution in [-0.4, -0.2) is 35.4 Å². The maximum Gasteiger partial charge on any atom is 0.304 e. The first-order valence-electron chi connectivity index (χ1n) is 10.2. The second kappa shape index (κ2) is 9.26. The van der Waals surface area contributed by atoms with E-state index >= 15 is 0 Å². The van der Waals surface area contributed by atoms with Gasteiger partial charge in [-0.3, -0.25) is 9.59 Å². The van der Waals surface area contributed by atoms with Crippen LogP contribution in [0.2, 0.25) is 0 Å². The molecule has 156 valence electrons. The second-order valence-electron chi connectivity index (χ2n) is 7.19. The third kappa shape index (κ3) is 4.64. The van der Waals surface area contributed by atoms with Gasteiger partial charge in [0.25, 0.3) is 5.91 Å². The average Bonchev–Trinajstić information content (AvgIpc) is 3.11. The Morgan fingerprint density at radius 1 is 1.00 bits per heavy atom. The maximum atomic E-state index is 12.9. The molecule has 0 radical (unpaired) electrons. The molecule has 1 fully saturated rings. The van der Waals surface area contributed by atoms with E-state index < -0.39 is 12.1 Å². The number of nitrogens with one attached hydrogen (secondary N) is 2. The molecule has 0 spiro atoms. The standard InChI is InChI=1S/C25H23N3O3/c1-2-31-21-15-13-18(14-16-21)17-28-23(19-9-5-3-6-10-19)22(25(30)27-28)26-24(29)20-11-7-4-8-12-20/h3-17,22-23H,2H2,1H3,(H-,26,27,29,30)/p+1/b28-17-/t22-,23+/m1/s1. The maximum absolute atomic E-state index is 12.9. The zero-order chi connectivity index (χ0) is 21.6. The number of rotatable bonds is 6. The summed E-state index contributed by atoms with van der Waals surface area (Å²) in [5, 5.41) is 2.90. The van der Waals surface area contributed by atoms with E-state index in [0.29, 0.717) is 12.2 Å². The number of hydrogen-bond donors (Lipinski definition) is 2. The molecule has 0 unspecified atom stereocenters. The van der Waals surface area contributed by atoms with Crippen LogP contribution >= 0.6 is 0 Å². The summed E-state index contributed by atoms with van der Waals surface area (Å²) in [7, 11) is 0. The van der Waals surface area contributed by atoms with Crippen molar-refractivity contribution < 1.29 is 19.0 Å². The van der Waals surface area contributed by atoms with Crippen LogP contribution in [0.4, 0.5) is 0 Å². The Hall–Kier alpha value is -3.93. The summed E-state index contributed by atoms with van der Waals surface area (Å²) in [4.78, 5) is 25.6. The topological polar surface area (TPSA) is 70.4 Å². The van der Waals surface area contributed by atoms with Crippen LogP contribution < -0.4 is 15.5 Å². The van der Waals surface area contributed by atoms with Gasteiger partial charge in [0, 0.05) is 16.7 Å². The van der Waals surface area contributed by atoms with E-state index in [9.17, 15) is 9.59 Å². The molecule has 0 aromatic heterocycles. The predicted molar refractivity (Wildman–Crippen MR) is 118 cm³/mol. The summed E-state index contributed by atoms with van der Waals surface area (Å²) in [5.41, 5.74) is 5.22. The number of amides is 2. The van der Waals surface area contributed by atoms with Gasteiger partial charge in [0.2, 0.25) is 12.3 Å². The van der Waals surface area contributed by atoms with Crippen molar-refractivity contribution in [3.05, 3.63) is 102 Å². The fourth-order valence-corrected chi connectivity index (χ4v) is 3.62. The molecule has 31 heavy (non-hydrogen) atoms. The summed E-state index contributed by atoms with van der Waals surface area (Å²) in [6, 6.07) is 25.0. The van der Waals surface area contributed by atoms with Crippen molar-refractivity contribution in [1.29, 1.82) is 0 Å². The van der Waals surface area contributed by atoms with E-state index in [4.69, 9.17) is 4.74 Å². The van der Waals surface area contributed by atoms with Gasteiger partial charge in [-0.1, -0.05) is 48.5 Å². The zero-order valence-electron chi connectivity index (χ0n) is 17.2. The summed E-state index contributed by atoms with van der Waals surface area (Å²) in [5.74, 6) is 0.239. The van der Waals surface area contributed by atoms with E-state index in [-0.39, 0.29) is 11.8 Å². The highest BCUT2D eigenvalue weighted by atomic mass is 16.5. The van der Waals surface area contributed by atoms with Gasteiger partial charge in [0.1, 0.15) is 5.75 Å². The number of hydrazone groups is 1. The molecule has 0 bridgehead atoms. The number of hydrazine groups is 1. The van der Waals surface area contributed by atoms with E-state index in [2.05, 4.69) is 10.7 Å². The summed E-state index contributed by atoms with van der Waals surface area (Å²) >= 11 is 0. The minimum atomic E-state index is -0.742. The van der Waals surface area contributed by atoms with Crippen molar-refractivity contribution in [3.63, 3.8) is 0 Å². The minimum Gasteiger partial charge on any atom is -0.494 e. The van der Waals surface area contributed by atoms with E-state index in [1.165, 1.54) is 0 Å². The van der Waals surface area contributed by atoms with Crippen molar-refractivity contribution >= 4 is 18.0 Å². The van der Waals surface area contributed by atoms with Crippen LogP contribution in [0.3, 0.4) is 0 Å². The van der Waals surface area contributed by atoms with Crippen molar-refractivity contribution in [1.82, 2.24) is 10.7 Å². The molecule has 1 heterocycles. The molecule has 1 saturated heterocycles. The van der Waals surface area contributed by atoms with Gasteiger partial charge in [-0.15, -0.1) is 10.1 Å². The van der Waals surface area contributed by atoms with Gasteiger partial charge in [-0.05, 0) is 43.3 Å². The quantitative estimate of drug-likeness (QED) is 0.609. The van der Waals surface area contributed by atoms with E-state index in [0.717, 1.165) is 16.9 Å². The van der Waals surface area contributed by atoms with Crippen molar-refractivity contribution in [2.45, 2.75) is 19.0 Å². The molecule has 1 aliphatic rings. The van der Waals surface area contributed by atoms with Crippen molar-refractivity contribution in [2.24, 2.45) is 0 Å². The summed E-state index contributed by atoms with van der Waals surface area (Å²) < 4.78 is 7.25. The number of benzene rings is 3. The van der Waals surface area contributed by atoms with Crippen molar-refractivity contribution in [3.8, 4) is 5.75 Å². The molecule has 6 nitrogen and oxygen atoms in total. The molecular weight excluding hydrogens is 390 g/mol. The highest BCUT2D eigenvalue weighted by Gasteiger charge is 2.47. The second-order valence-corrected chi connectivity index (χ2v) is 7.19. The van der Waals surface area contributed by atoms with Gasteiger partial charge in [-0.2, -0.15) is 0 Å². The Bertz CT molecular complexity index is 1080. The monoisotopic (exact) mass is 414 g/mol. The Kier molecular flexibility index (Phi) is 6.08. The predicted octanol–water partition coefficient (Wildman–Crippen LogP) is 3.10. The van der Waals surface area contributed by atoms with Gasteiger partial charge < -0.3 is 10.1 Å². The van der Waals surface area contributed by atoms with Gasteiger partial charge in [0.05, 0.1) is 6.61 Å². The highest BCUT2D eigenvalue weighted by Crippen LogP contribution is 2.25. The van der Waals surface area contributed by atoms with Crippen LogP contribution in [0.1, 0.15) is 34.5 Å². The largest absolute Gasteiger partial charge is 0.494 e. The normalized spacial score (nSPS) is 19.1. The Labute approximate surface area is 181 Å². The fourth-order valence-electron chi connectivity index (χ4n) is 3.62. The lowest BCUT2D eigenvalue weighted by Gasteiger charge is -2.14. The van der Waals surface area contributed by atoms with Crippen molar-refractivity contribution in [2.75, 3.05) is 6.61 Å². The van der Waals surface area contributed by atoms with Crippen LogP contribution in [0.15, 0.2) is 84.9 Å². The number of carbonyl (C=O) groups excluding carboxylic acids is 2. The van der Waals surface area contributed by atoms with Crippen LogP contribution in [0.5, 0.6) is 5.75 Å². The van der Waals surface area contributed by atoms with Crippen LogP contribution in [0, 0.1) is 0 Å². The average molecular weight is 414 g/mol. The molecule has 6 heteroatoms. The lowest BCUT2D eigenvalue weighted by Crippen LogP contribution is -2.42. The first kappa shape index (κ1) is 20.3. The molecule has 3 aromatic rings. The molecule has 2 atom stereocenters. The third-order valence-corrected chi connectivity index (χ3v) is 5.08. The fraction of sp³-hybridized carbons (Fsp3) is 0.160. The number of nitrogens with zero attached hydrogens (tertiary/aromatic N) is 1. The molecule has 0 aliphatic carbocycles. The van der Waals surface area contributed by atoms with E-state index in [1.54, 1.807) is 28.9 Å². The summed E-state index contributed by atoms with van der Waals surface area (Å²) in [6.45, 7) is 2.54. The van der Waals surface area contributed by atoms with Crippen LogP contribution in [0.25, 0.3) is 0 Å². The van der Waals surface area contributed by atoms with Gasteiger partial charge in [-0.25, -0.2) is 0 Å². The smallest absolute Gasteiger partial charge is 0.304 e. The molecule has 3 aromatic carbocycles. The lowest BCUT2D eigenvalue weighted by molar-refractivity contribution is -0.596. The minimum absolute atomic E-state index is 0.264. The molecular formula is C25H24N3O3+. The Balaban J connectivity index is 1.65. The highest BCUT2D eigenvalue weighted by molar-refractivity contribution is 5.98. The first-order chi connectivity index (χ1) is 15.2. The van der Waals surface area contributed by atoms with Crippen LogP contribution in [-0.2, 0) is 4.79 Å². The first-order valence-corrected chi connectivity index (χ1v) is 10.2. The molecule has 0 saturated carbocycles.